The molecule has 0 aliphatic rings. The molecule has 1 rings (SSSR count). The average Bonchev–Trinajstić information content (AvgIpc) is 2.72. The Hall–Kier alpha value is -2.09. The summed E-state index contributed by atoms with van der Waals surface area (Å²) in [5.41, 5.74) is 2.01. The van der Waals surface area contributed by atoms with Crippen LogP contribution in [0.5, 0.6) is 0 Å². The molecule has 1 heterocycles. The van der Waals surface area contributed by atoms with Crippen molar-refractivity contribution in [2.24, 2.45) is 0 Å². The number of carboxylic acid groups (broad SMARTS) is 1. The Morgan fingerprint density at radius 3 is 2.67 bits per heavy atom. The van der Waals surface area contributed by atoms with E-state index in [-0.39, 0.29) is 13.0 Å². The van der Waals surface area contributed by atoms with Gasteiger partial charge in [-0.3, -0.25) is 4.68 Å². The van der Waals surface area contributed by atoms with E-state index in [4.69, 9.17) is 10.2 Å². The minimum Gasteiger partial charge on any atom is -0.480 e. The van der Waals surface area contributed by atoms with E-state index < -0.39 is 18.0 Å². The summed E-state index contributed by atoms with van der Waals surface area (Å²) in [6.07, 6.45) is 0.668. The summed E-state index contributed by atoms with van der Waals surface area (Å²) >= 11 is 0. The molecule has 21 heavy (non-hydrogen) atoms. The first-order valence-corrected chi connectivity index (χ1v) is 6.83. The number of nitrogens with zero attached hydrogens (tertiary/aromatic N) is 2. The maximum absolute atomic E-state index is 11.5. The topological polar surface area (TPSA) is 116 Å². The standard InChI is InChI=1S/C13H22N4O4/c1-9-8-10(2)17(16-9)6-3-5-14-13(21)15-11(4-7-18)12(19)20/h8,11,18H,3-7H2,1-2H3,(H,19,20)(H2,14,15,21)/t11-/m0/s1. The Kier molecular flexibility index (Phi) is 6.67. The summed E-state index contributed by atoms with van der Waals surface area (Å²) in [5.74, 6) is -1.16. The maximum atomic E-state index is 11.5. The monoisotopic (exact) mass is 298 g/mol. The number of carboxylic acids is 1. The van der Waals surface area contributed by atoms with Crippen molar-refractivity contribution in [1.82, 2.24) is 20.4 Å². The van der Waals surface area contributed by atoms with Crippen LogP contribution in [0, 0.1) is 13.8 Å². The molecule has 1 aromatic rings. The van der Waals surface area contributed by atoms with Crippen LogP contribution >= 0.6 is 0 Å². The molecular weight excluding hydrogens is 276 g/mol. The van der Waals surface area contributed by atoms with Crippen molar-refractivity contribution in [2.45, 2.75) is 39.3 Å². The van der Waals surface area contributed by atoms with Crippen LogP contribution in [0.25, 0.3) is 0 Å². The Labute approximate surface area is 123 Å². The summed E-state index contributed by atoms with van der Waals surface area (Å²) in [5, 5.41) is 26.8. The quantitative estimate of drug-likeness (QED) is 0.505. The number of aromatic nitrogens is 2. The molecule has 0 aliphatic carbocycles. The lowest BCUT2D eigenvalue weighted by Crippen LogP contribution is -2.46. The van der Waals surface area contributed by atoms with Gasteiger partial charge >= 0.3 is 12.0 Å². The first kappa shape index (κ1) is 17.0. The number of amides is 2. The van der Waals surface area contributed by atoms with Crippen LogP contribution in [0.15, 0.2) is 6.07 Å². The Balaban J connectivity index is 2.27. The summed E-state index contributed by atoms with van der Waals surface area (Å²) in [4.78, 5) is 22.3. The second-order valence-electron chi connectivity index (χ2n) is 4.81. The van der Waals surface area contributed by atoms with Crippen LogP contribution in [0.3, 0.4) is 0 Å². The predicted octanol–water partition coefficient (Wildman–Crippen LogP) is 0.0248. The first-order chi connectivity index (χ1) is 9.93. The summed E-state index contributed by atoms with van der Waals surface area (Å²) in [6.45, 7) is 4.68. The third-order valence-corrected chi connectivity index (χ3v) is 2.96. The maximum Gasteiger partial charge on any atom is 0.326 e. The van der Waals surface area contributed by atoms with Crippen molar-refractivity contribution in [3.63, 3.8) is 0 Å². The van der Waals surface area contributed by atoms with Gasteiger partial charge in [0, 0.05) is 31.8 Å². The van der Waals surface area contributed by atoms with E-state index in [2.05, 4.69) is 15.7 Å². The lowest BCUT2D eigenvalue weighted by atomic mass is 10.2. The van der Waals surface area contributed by atoms with Gasteiger partial charge in [-0.25, -0.2) is 9.59 Å². The predicted molar refractivity (Wildman–Crippen MR) is 76.0 cm³/mol. The third-order valence-electron chi connectivity index (χ3n) is 2.96. The van der Waals surface area contributed by atoms with Crippen molar-refractivity contribution >= 4 is 12.0 Å². The van der Waals surface area contributed by atoms with Gasteiger partial charge in [0.05, 0.1) is 5.69 Å². The number of carbonyl (C=O) groups is 2. The zero-order valence-electron chi connectivity index (χ0n) is 12.3. The molecule has 8 nitrogen and oxygen atoms in total. The fourth-order valence-electron chi connectivity index (χ4n) is 1.93. The van der Waals surface area contributed by atoms with Crippen molar-refractivity contribution in [3.8, 4) is 0 Å². The summed E-state index contributed by atoms with van der Waals surface area (Å²) in [7, 11) is 0. The molecule has 1 aromatic heterocycles. The van der Waals surface area contributed by atoms with Crippen molar-refractivity contribution in [1.29, 1.82) is 0 Å². The van der Waals surface area contributed by atoms with Crippen LogP contribution in [-0.2, 0) is 11.3 Å². The number of urea groups is 1. The molecule has 0 spiro atoms. The van der Waals surface area contributed by atoms with E-state index in [9.17, 15) is 9.59 Å². The van der Waals surface area contributed by atoms with Gasteiger partial charge < -0.3 is 20.8 Å². The molecule has 0 radical (unpaired) electrons. The number of aliphatic hydroxyl groups excluding tert-OH is 1. The molecule has 4 N–H and O–H groups in total. The van der Waals surface area contributed by atoms with Crippen LogP contribution in [-0.4, -0.2) is 51.2 Å². The van der Waals surface area contributed by atoms with Crippen molar-refractivity contribution in [2.75, 3.05) is 13.2 Å². The highest BCUT2D eigenvalue weighted by Gasteiger charge is 2.18. The van der Waals surface area contributed by atoms with Crippen LogP contribution in [0.4, 0.5) is 4.79 Å². The van der Waals surface area contributed by atoms with Gasteiger partial charge in [0.15, 0.2) is 0 Å². The van der Waals surface area contributed by atoms with Crippen LogP contribution in [0.1, 0.15) is 24.2 Å². The molecule has 0 fully saturated rings. The highest BCUT2D eigenvalue weighted by molar-refractivity contribution is 5.82. The molecule has 0 unspecified atom stereocenters. The van der Waals surface area contributed by atoms with E-state index in [1.54, 1.807) is 0 Å². The molecule has 0 saturated heterocycles. The zero-order chi connectivity index (χ0) is 15.8. The van der Waals surface area contributed by atoms with Gasteiger partial charge in [-0.15, -0.1) is 0 Å². The van der Waals surface area contributed by atoms with Gasteiger partial charge in [0.1, 0.15) is 6.04 Å². The van der Waals surface area contributed by atoms with Gasteiger partial charge in [-0.05, 0) is 26.3 Å². The Bertz CT molecular complexity index is 487. The molecule has 118 valence electrons. The Morgan fingerprint density at radius 1 is 1.43 bits per heavy atom. The number of nitrogens with one attached hydrogen (secondary N) is 2. The summed E-state index contributed by atoms with van der Waals surface area (Å²) in [6, 6.07) is 0.349. The van der Waals surface area contributed by atoms with E-state index in [1.165, 1.54) is 0 Å². The first-order valence-electron chi connectivity index (χ1n) is 6.83. The van der Waals surface area contributed by atoms with Gasteiger partial charge in [0.25, 0.3) is 0 Å². The van der Waals surface area contributed by atoms with Crippen LogP contribution in [0.2, 0.25) is 0 Å². The zero-order valence-corrected chi connectivity index (χ0v) is 12.3. The minimum absolute atomic E-state index is 0.0193. The molecule has 2 amide bonds. The number of aliphatic hydroxyl groups is 1. The minimum atomic E-state index is -1.16. The second kappa shape index (κ2) is 8.25. The molecule has 1 atom stereocenters. The van der Waals surface area contributed by atoms with E-state index in [1.807, 2.05) is 24.6 Å². The molecule has 0 saturated carbocycles. The smallest absolute Gasteiger partial charge is 0.326 e. The number of rotatable bonds is 8. The number of hydrogen-bond donors (Lipinski definition) is 4. The van der Waals surface area contributed by atoms with Crippen molar-refractivity contribution in [3.05, 3.63) is 17.5 Å². The van der Waals surface area contributed by atoms with E-state index >= 15 is 0 Å². The fraction of sp³-hybridized carbons (Fsp3) is 0.615. The van der Waals surface area contributed by atoms with Gasteiger partial charge in [0.2, 0.25) is 0 Å². The molecule has 8 heteroatoms. The average molecular weight is 298 g/mol. The van der Waals surface area contributed by atoms with E-state index in [0.29, 0.717) is 19.5 Å². The molecule has 0 aromatic carbocycles. The molecule has 0 aliphatic heterocycles. The number of carbonyl (C=O) groups excluding carboxylic acids is 1. The fourth-order valence-corrected chi connectivity index (χ4v) is 1.93. The SMILES string of the molecule is Cc1cc(C)n(CCCNC(=O)N[C@@H](CCO)C(=O)O)n1. The summed E-state index contributed by atoms with van der Waals surface area (Å²) < 4.78 is 1.86. The highest BCUT2D eigenvalue weighted by atomic mass is 16.4. The van der Waals surface area contributed by atoms with E-state index in [0.717, 1.165) is 11.4 Å². The number of aliphatic carboxylic acids is 1. The van der Waals surface area contributed by atoms with Crippen molar-refractivity contribution < 1.29 is 19.8 Å². The Morgan fingerprint density at radius 2 is 2.14 bits per heavy atom. The van der Waals surface area contributed by atoms with Gasteiger partial charge in [-0.2, -0.15) is 5.10 Å². The largest absolute Gasteiger partial charge is 0.480 e. The third kappa shape index (κ3) is 5.82. The molecular formula is C13H22N4O4. The number of aryl methyl sites for hydroxylation is 3. The highest BCUT2D eigenvalue weighted by Crippen LogP contribution is 2.02. The lowest BCUT2D eigenvalue weighted by molar-refractivity contribution is -0.139. The van der Waals surface area contributed by atoms with Crippen LogP contribution < -0.4 is 10.6 Å². The van der Waals surface area contributed by atoms with Gasteiger partial charge in [-0.1, -0.05) is 0 Å². The lowest BCUT2D eigenvalue weighted by Gasteiger charge is -2.14. The number of hydrogen-bond acceptors (Lipinski definition) is 4. The normalized spacial score (nSPS) is 12.0. The second-order valence-corrected chi connectivity index (χ2v) is 4.81. The molecule has 0 bridgehead atoms.